The van der Waals surface area contributed by atoms with Gasteiger partial charge in [-0.3, -0.25) is 19.7 Å². The first-order valence-corrected chi connectivity index (χ1v) is 14.7. The second-order valence-corrected chi connectivity index (χ2v) is 10.3. The molecule has 0 aliphatic heterocycles. The van der Waals surface area contributed by atoms with Crippen LogP contribution in [0.4, 0.5) is 0 Å². The number of hydrogen-bond acceptors (Lipinski definition) is 7. The van der Waals surface area contributed by atoms with Gasteiger partial charge in [-0.2, -0.15) is 0 Å². The van der Waals surface area contributed by atoms with Crippen LogP contribution in [0.25, 0.3) is 0 Å². The highest BCUT2D eigenvalue weighted by Gasteiger charge is 2.41. The molecular formula is C28H57N5O3. The lowest BCUT2D eigenvalue weighted by Crippen LogP contribution is -2.62. The first-order chi connectivity index (χ1) is 17.3. The molecule has 0 aliphatic rings. The van der Waals surface area contributed by atoms with Crippen molar-refractivity contribution >= 4 is 17.6 Å². The van der Waals surface area contributed by atoms with Crippen molar-refractivity contribution in [2.75, 3.05) is 13.1 Å². The highest BCUT2D eigenvalue weighted by atomic mass is 16.2. The van der Waals surface area contributed by atoms with Gasteiger partial charge in [0.2, 0.25) is 5.91 Å². The largest absolute Gasteiger partial charge is 0.330 e. The summed E-state index contributed by atoms with van der Waals surface area (Å²) in [5.74, 6) is -1.66. The Labute approximate surface area is 220 Å². The van der Waals surface area contributed by atoms with Crippen molar-refractivity contribution in [3.05, 3.63) is 0 Å². The lowest BCUT2D eigenvalue weighted by molar-refractivity contribution is -0.139. The van der Waals surface area contributed by atoms with Crippen LogP contribution in [0.3, 0.4) is 0 Å². The van der Waals surface area contributed by atoms with Crippen LogP contribution in [0.1, 0.15) is 135 Å². The summed E-state index contributed by atoms with van der Waals surface area (Å²) in [6, 6.07) is -0.829. The van der Waals surface area contributed by atoms with E-state index in [1.807, 2.05) is 0 Å². The molecule has 0 bridgehead atoms. The molecule has 0 aromatic rings. The third kappa shape index (κ3) is 16.4. The van der Waals surface area contributed by atoms with Gasteiger partial charge in [0.05, 0.1) is 6.04 Å². The maximum atomic E-state index is 13.0. The molecule has 0 fully saturated rings. The molecule has 0 heterocycles. The van der Waals surface area contributed by atoms with E-state index >= 15 is 0 Å². The van der Waals surface area contributed by atoms with Crippen LogP contribution in [0.5, 0.6) is 0 Å². The molecule has 0 aliphatic carbocycles. The molecule has 0 unspecified atom stereocenters. The summed E-state index contributed by atoms with van der Waals surface area (Å²) in [7, 11) is 0. The third-order valence-electron chi connectivity index (χ3n) is 6.98. The van der Waals surface area contributed by atoms with Gasteiger partial charge in [0.15, 0.2) is 11.3 Å². The molecule has 0 rings (SSSR count). The number of Topliss-reactive ketones (excluding diaryl/α,β-unsaturated/α-hetero) is 1. The molecule has 0 saturated heterocycles. The first-order valence-electron chi connectivity index (χ1n) is 14.7. The van der Waals surface area contributed by atoms with Crippen LogP contribution in [0.2, 0.25) is 0 Å². The van der Waals surface area contributed by atoms with Crippen molar-refractivity contribution in [2.24, 2.45) is 22.9 Å². The van der Waals surface area contributed by atoms with E-state index in [0.717, 1.165) is 19.3 Å². The van der Waals surface area contributed by atoms with Crippen molar-refractivity contribution in [2.45, 2.75) is 147 Å². The highest BCUT2D eigenvalue weighted by molar-refractivity contribution is 6.15. The zero-order valence-electron chi connectivity index (χ0n) is 23.2. The van der Waals surface area contributed by atoms with Crippen LogP contribution in [0, 0.1) is 0 Å². The first kappa shape index (κ1) is 34.6. The van der Waals surface area contributed by atoms with Crippen molar-refractivity contribution < 1.29 is 14.4 Å². The molecular weight excluding hydrogens is 454 g/mol. The number of amides is 2. The number of nitrogens with two attached hydrogens (primary N) is 4. The summed E-state index contributed by atoms with van der Waals surface area (Å²) < 4.78 is 0. The number of carbonyl (C=O) groups excluding carboxylic acids is 3. The van der Waals surface area contributed by atoms with Gasteiger partial charge in [0.1, 0.15) is 0 Å². The topological polar surface area (TPSA) is 167 Å². The Hall–Kier alpha value is -1.35. The molecule has 0 spiro atoms. The van der Waals surface area contributed by atoms with E-state index in [-0.39, 0.29) is 18.6 Å². The number of rotatable bonds is 25. The molecule has 9 N–H and O–H groups in total. The Morgan fingerprint density at radius 2 is 1.17 bits per heavy atom. The zero-order valence-corrected chi connectivity index (χ0v) is 23.2. The highest BCUT2D eigenvalue weighted by Crippen LogP contribution is 2.19. The fourth-order valence-electron chi connectivity index (χ4n) is 4.41. The minimum absolute atomic E-state index is 0.170. The Bertz CT molecular complexity index is 588. The van der Waals surface area contributed by atoms with Gasteiger partial charge >= 0.3 is 0 Å². The zero-order chi connectivity index (χ0) is 27.1. The Balaban J connectivity index is 4.38. The molecule has 8 nitrogen and oxygen atoms in total. The second-order valence-electron chi connectivity index (χ2n) is 10.3. The van der Waals surface area contributed by atoms with Gasteiger partial charge in [-0.15, -0.1) is 0 Å². The molecule has 0 aromatic carbocycles. The standard InChI is InChI=1S/C28H57N5O3/c1-2-3-4-5-6-7-8-9-10-11-12-13-14-20-25(34)28(32,21-16-18-23-30)27(36)33-26(35)24(31)19-15-17-22-29/h24H,2-23,29-32H2,1H3,(H,33,35,36)/t24-,28+/m0/s1. The summed E-state index contributed by atoms with van der Waals surface area (Å²) in [6.45, 7) is 3.22. The number of unbranched alkanes of at least 4 members (excludes halogenated alkanes) is 14. The van der Waals surface area contributed by atoms with E-state index in [9.17, 15) is 14.4 Å². The van der Waals surface area contributed by atoms with Crippen molar-refractivity contribution in [1.29, 1.82) is 0 Å². The minimum Gasteiger partial charge on any atom is -0.330 e. The average Bonchev–Trinajstić information content (AvgIpc) is 2.86. The van der Waals surface area contributed by atoms with Gasteiger partial charge < -0.3 is 22.9 Å². The summed E-state index contributed by atoms with van der Waals surface area (Å²) in [5.41, 5.74) is 21.5. The Kier molecular flexibility index (Phi) is 22.0. The van der Waals surface area contributed by atoms with Crippen LogP contribution in [-0.2, 0) is 14.4 Å². The fraction of sp³-hybridized carbons (Fsp3) is 0.893. The third-order valence-corrected chi connectivity index (χ3v) is 6.98. The van der Waals surface area contributed by atoms with Gasteiger partial charge in [-0.05, 0) is 51.6 Å². The Morgan fingerprint density at radius 3 is 1.67 bits per heavy atom. The van der Waals surface area contributed by atoms with Crippen LogP contribution in [0.15, 0.2) is 0 Å². The number of imide groups is 1. The van der Waals surface area contributed by atoms with Gasteiger partial charge in [0, 0.05) is 6.42 Å². The summed E-state index contributed by atoms with van der Waals surface area (Å²) >= 11 is 0. The molecule has 0 saturated carbocycles. The Morgan fingerprint density at radius 1 is 0.694 bits per heavy atom. The predicted octanol–water partition coefficient (Wildman–Crippen LogP) is 3.96. The molecule has 212 valence electrons. The SMILES string of the molecule is CCCCCCCCCCCCCCCC(=O)[C@](N)(CCCCN)C(=O)NC(=O)[C@@H](N)CCCCN. The second kappa shape index (κ2) is 22.8. The van der Waals surface area contributed by atoms with E-state index in [1.54, 1.807) is 0 Å². The number of hydrogen-bond donors (Lipinski definition) is 5. The van der Waals surface area contributed by atoms with Gasteiger partial charge in [-0.1, -0.05) is 90.4 Å². The van der Waals surface area contributed by atoms with Crippen molar-refractivity contribution in [3.63, 3.8) is 0 Å². The molecule has 8 heteroatoms. The molecule has 2 atom stereocenters. The smallest absolute Gasteiger partial charge is 0.254 e. The van der Waals surface area contributed by atoms with Gasteiger partial charge in [0.25, 0.3) is 5.91 Å². The van der Waals surface area contributed by atoms with Crippen molar-refractivity contribution in [3.8, 4) is 0 Å². The fourth-order valence-corrected chi connectivity index (χ4v) is 4.41. The minimum atomic E-state index is -1.72. The summed E-state index contributed by atoms with van der Waals surface area (Å²) in [4.78, 5) is 38.2. The monoisotopic (exact) mass is 511 g/mol. The molecule has 2 amide bonds. The van der Waals surface area contributed by atoms with Crippen LogP contribution < -0.4 is 28.3 Å². The van der Waals surface area contributed by atoms with E-state index in [2.05, 4.69) is 12.2 Å². The van der Waals surface area contributed by atoms with Gasteiger partial charge in [-0.25, -0.2) is 0 Å². The lowest BCUT2D eigenvalue weighted by atomic mass is 9.85. The van der Waals surface area contributed by atoms with Crippen molar-refractivity contribution in [1.82, 2.24) is 5.32 Å². The average molecular weight is 512 g/mol. The maximum Gasteiger partial charge on any atom is 0.254 e. The maximum absolute atomic E-state index is 13.0. The van der Waals surface area contributed by atoms with E-state index in [4.69, 9.17) is 22.9 Å². The molecule has 36 heavy (non-hydrogen) atoms. The normalized spacial score (nSPS) is 13.8. The molecule has 0 aromatic heterocycles. The summed E-state index contributed by atoms with van der Waals surface area (Å²) in [6.07, 6.45) is 19.3. The molecule has 0 radical (unpaired) electrons. The number of ketones is 1. The van der Waals surface area contributed by atoms with Crippen LogP contribution >= 0.6 is 0 Å². The quantitative estimate of drug-likeness (QED) is 0.0912. The number of nitrogens with one attached hydrogen (secondary N) is 1. The van der Waals surface area contributed by atoms with E-state index in [0.29, 0.717) is 45.2 Å². The number of carbonyl (C=O) groups is 3. The van der Waals surface area contributed by atoms with E-state index < -0.39 is 23.4 Å². The lowest BCUT2D eigenvalue weighted by Gasteiger charge is -2.27. The van der Waals surface area contributed by atoms with E-state index in [1.165, 1.54) is 64.2 Å². The summed E-state index contributed by atoms with van der Waals surface area (Å²) in [5, 5.41) is 2.29. The van der Waals surface area contributed by atoms with Crippen LogP contribution in [-0.4, -0.2) is 42.3 Å². The predicted molar refractivity (Wildman–Crippen MR) is 149 cm³/mol.